The Morgan fingerprint density at radius 1 is 1.03 bits per heavy atom. The minimum absolute atomic E-state index is 0.140. The van der Waals surface area contributed by atoms with Crippen molar-refractivity contribution in [2.45, 2.75) is 63.5 Å². The van der Waals surface area contributed by atoms with Crippen molar-refractivity contribution in [1.29, 1.82) is 0 Å². The molecule has 2 N–H and O–H groups in total. The summed E-state index contributed by atoms with van der Waals surface area (Å²) in [6, 6.07) is 15.4. The van der Waals surface area contributed by atoms with Gasteiger partial charge in [-0.15, -0.1) is 0 Å². The molecule has 0 amide bonds. The number of hydrogen-bond donors (Lipinski definition) is 2. The summed E-state index contributed by atoms with van der Waals surface area (Å²) in [6.45, 7) is 9.29. The van der Waals surface area contributed by atoms with E-state index in [1.807, 2.05) is 32.9 Å². The molecular weight excluding hydrogens is 464 g/mol. The Hall–Kier alpha value is -1.80. The Bertz CT molecular complexity index is 1090. The van der Waals surface area contributed by atoms with Gasteiger partial charge in [0.25, 0.3) is 0 Å². The van der Waals surface area contributed by atoms with Gasteiger partial charge in [0.05, 0.1) is 15.9 Å². The number of allylic oxidation sites excluding steroid dienone is 2. The van der Waals surface area contributed by atoms with E-state index < -0.39 is 21.0 Å². The van der Waals surface area contributed by atoms with Gasteiger partial charge in [-0.25, -0.2) is 22.1 Å². The van der Waals surface area contributed by atoms with E-state index in [2.05, 4.69) is 46.7 Å². The predicted molar refractivity (Wildman–Crippen MR) is 142 cm³/mol. The number of aryl methyl sites for hydroxylation is 1. The van der Waals surface area contributed by atoms with Crippen molar-refractivity contribution in [2.24, 2.45) is 11.8 Å². The van der Waals surface area contributed by atoms with Gasteiger partial charge < -0.3 is 0 Å². The molecule has 186 valence electrons. The van der Waals surface area contributed by atoms with E-state index in [0.29, 0.717) is 29.7 Å². The van der Waals surface area contributed by atoms with Gasteiger partial charge in [0.15, 0.2) is 0 Å². The van der Waals surface area contributed by atoms with Crippen molar-refractivity contribution in [1.82, 2.24) is 9.44 Å². The summed E-state index contributed by atoms with van der Waals surface area (Å²) in [6.07, 6.45) is 6.25. The highest BCUT2D eigenvalue weighted by molar-refractivity contribution is 7.89. The standard InChI is InChI=1S/C27H38N2O3S2/c1-20(2)33(30)28-19-22(4)24-11-13-26(14-12-24)25-9-7-23(8-10-25)17-18-29-34(31,32)27-15-5-21(3)6-16-27/h5-10,13,15-16,20,22,24,28-29H,11-12,14,17-19H2,1-4H3. The van der Waals surface area contributed by atoms with Gasteiger partial charge in [0.2, 0.25) is 10.0 Å². The normalized spacial score (nSPS) is 18.5. The average molecular weight is 503 g/mol. The van der Waals surface area contributed by atoms with Gasteiger partial charge in [-0.2, -0.15) is 0 Å². The van der Waals surface area contributed by atoms with Gasteiger partial charge in [-0.3, -0.25) is 0 Å². The SMILES string of the molecule is Cc1ccc(S(=O)(=O)NCCc2ccc(C3=CCC(C(C)CNS(=O)C(C)C)CC3)cc2)cc1. The van der Waals surface area contributed by atoms with Crippen molar-refractivity contribution in [3.8, 4) is 0 Å². The summed E-state index contributed by atoms with van der Waals surface area (Å²) < 4.78 is 42.7. The molecule has 3 unspecified atom stereocenters. The zero-order valence-corrected chi connectivity index (χ0v) is 22.3. The van der Waals surface area contributed by atoms with Gasteiger partial charge in [-0.1, -0.05) is 55.0 Å². The smallest absolute Gasteiger partial charge is 0.240 e. The number of sulfonamides is 1. The maximum atomic E-state index is 12.4. The Kier molecular flexibility index (Phi) is 9.65. The van der Waals surface area contributed by atoms with Crippen molar-refractivity contribution >= 4 is 26.6 Å². The van der Waals surface area contributed by atoms with Crippen molar-refractivity contribution in [3.05, 3.63) is 71.3 Å². The molecule has 0 fully saturated rings. The Morgan fingerprint density at radius 3 is 2.29 bits per heavy atom. The van der Waals surface area contributed by atoms with E-state index >= 15 is 0 Å². The van der Waals surface area contributed by atoms with E-state index in [1.165, 1.54) is 11.1 Å². The summed E-state index contributed by atoms with van der Waals surface area (Å²) >= 11 is 0. The fourth-order valence-electron chi connectivity index (χ4n) is 4.20. The lowest BCUT2D eigenvalue weighted by Crippen LogP contribution is -2.31. The largest absolute Gasteiger partial charge is 0.243 e. The molecule has 2 aromatic carbocycles. The van der Waals surface area contributed by atoms with Crippen LogP contribution in [0.2, 0.25) is 0 Å². The molecule has 0 aliphatic heterocycles. The highest BCUT2D eigenvalue weighted by Gasteiger charge is 2.22. The highest BCUT2D eigenvalue weighted by Crippen LogP contribution is 2.34. The van der Waals surface area contributed by atoms with Crippen molar-refractivity contribution in [2.75, 3.05) is 13.1 Å². The molecule has 0 saturated carbocycles. The molecule has 1 aliphatic carbocycles. The number of nitrogens with one attached hydrogen (secondary N) is 2. The third-order valence-corrected chi connectivity index (χ3v) is 9.38. The number of hydrogen-bond acceptors (Lipinski definition) is 3. The molecule has 5 nitrogen and oxygen atoms in total. The van der Waals surface area contributed by atoms with Crippen LogP contribution in [-0.2, 0) is 27.4 Å². The summed E-state index contributed by atoms with van der Waals surface area (Å²) in [5, 5.41) is 0.140. The molecule has 0 bridgehead atoms. The monoisotopic (exact) mass is 502 g/mol. The van der Waals surface area contributed by atoms with Crippen LogP contribution in [0.25, 0.3) is 5.57 Å². The summed E-state index contributed by atoms with van der Waals surface area (Å²) in [7, 11) is -4.44. The van der Waals surface area contributed by atoms with Crippen LogP contribution in [0, 0.1) is 18.8 Å². The van der Waals surface area contributed by atoms with Crippen LogP contribution < -0.4 is 9.44 Å². The molecule has 1 aliphatic rings. The lowest BCUT2D eigenvalue weighted by molar-refractivity contribution is 0.335. The number of benzene rings is 2. The average Bonchev–Trinajstić information content (AvgIpc) is 2.83. The van der Waals surface area contributed by atoms with Gasteiger partial charge >= 0.3 is 0 Å². The predicted octanol–water partition coefficient (Wildman–Crippen LogP) is 5.00. The molecule has 0 aromatic heterocycles. The van der Waals surface area contributed by atoms with Crippen molar-refractivity contribution < 1.29 is 12.6 Å². The van der Waals surface area contributed by atoms with Crippen LogP contribution in [0.1, 0.15) is 56.7 Å². The van der Waals surface area contributed by atoms with E-state index in [-0.39, 0.29) is 5.25 Å². The van der Waals surface area contributed by atoms with Crippen molar-refractivity contribution in [3.63, 3.8) is 0 Å². The minimum atomic E-state index is -3.48. The molecule has 0 saturated heterocycles. The van der Waals surface area contributed by atoms with Crippen LogP contribution in [0.3, 0.4) is 0 Å². The fraction of sp³-hybridized carbons (Fsp3) is 0.481. The highest BCUT2D eigenvalue weighted by atomic mass is 32.2. The molecule has 0 spiro atoms. The molecule has 0 radical (unpaired) electrons. The summed E-state index contributed by atoms with van der Waals surface area (Å²) in [5.41, 5.74) is 4.78. The quantitative estimate of drug-likeness (QED) is 0.454. The van der Waals surface area contributed by atoms with E-state index in [4.69, 9.17) is 0 Å². The molecular formula is C27H38N2O3S2. The first-order valence-electron chi connectivity index (χ1n) is 12.1. The third-order valence-electron chi connectivity index (χ3n) is 6.59. The van der Waals surface area contributed by atoms with E-state index in [1.54, 1.807) is 12.1 Å². The molecule has 0 heterocycles. The van der Waals surface area contributed by atoms with Gasteiger partial charge in [0, 0.05) is 18.3 Å². The van der Waals surface area contributed by atoms with Crippen LogP contribution in [0.4, 0.5) is 0 Å². The zero-order valence-electron chi connectivity index (χ0n) is 20.7. The first-order chi connectivity index (χ1) is 16.2. The second kappa shape index (κ2) is 12.2. The lowest BCUT2D eigenvalue weighted by Gasteiger charge is -2.28. The Labute approximate surface area is 208 Å². The van der Waals surface area contributed by atoms with Crippen LogP contribution in [0.15, 0.2) is 59.5 Å². The second-order valence-electron chi connectivity index (χ2n) is 9.59. The summed E-state index contributed by atoms with van der Waals surface area (Å²) in [4.78, 5) is 0.300. The Balaban J connectivity index is 1.48. The number of rotatable bonds is 11. The first kappa shape index (κ1) is 26.8. The second-order valence-corrected chi connectivity index (χ2v) is 13.2. The summed E-state index contributed by atoms with van der Waals surface area (Å²) in [5.74, 6) is 1.10. The topological polar surface area (TPSA) is 75.3 Å². The Morgan fingerprint density at radius 2 is 1.71 bits per heavy atom. The van der Waals surface area contributed by atoms with Crippen LogP contribution >= 0.6 is 0 Å². The minimum Gasteiger partial charge on any atom is -0.243 e. The zero-order chi connectivity index (χ0) is 24.7. The van der Waals surface area contributed by atoms with Crippen LogP contribution in [0.5, 0.6) is 0 Å². The molecule has 2 aromatic rings. The van der Waals surface area contributed by atoms with Gasteiger partial charge in [-0.05, 0) is 87.1 Å². The third kappa shape index (κ3) is 7.60. The maximum Gasteiger partial charge on any atom is 0.240 e. The fourth-order valence-corrected chi connectivity index (χ4v) is 5.99. The molecule has 7 heteroatoms. The maximum absolute atomic E-state index is 12.4. The van der Waals surface area contributed by atoms with E-state index in [9.17, 15) is 12.6 Å². The molecule has 3 atom stereocenters. The molecule has 3 rings (SSSR count). The first-order valence-corrected chi connectivity index (χ1v) is 14.8. The molecule has 34 heavy (non-hydrogen) atoms. The van der Waals surface area contributed by atoms with E-state index in [0.717, 1.165) is 36.9 Å². The van der Waals surface area contributed by atoms with Crippen LogP contribution in [-0.4, -0.2) is 31.0 Å². The van der Waals surface area contributed by atoms with Gasteiger partial charge in [0.1, 0.15) is 0 Å². The lowest BCUT2D eigenvalue weighted by atomic mass is 9.80.